The Labute approximate surface area is 109 Å². The molecule has 0 aromatic heterocycles. The van der Waals surface area contributed by atoms with Crippen molar-refractivity contribution in [2.45, 2.75) is 39.5 Å². The second-order valence-electron chi connectivity index (χ2n) is 3.77. The molecule has 0 aliphatic heterocycles. The first kappa shape index (κ1) is 16.3. The zero-order valence-electron chi connectivity index (χ0n) is 10.8. The second-order valence-corrected chi connectivity index (χ2v) is 4.23. The molecule has 0 aromatic rings. The Morgan fingerprint density at radius 1 is 1.18 bits per heavy atom. The lowest BCUT2D eigenvalue weighted by atomic mass is 10.3. The molecule has 17 heavy (non-hydrogen) atoms. The van der Waals surface area contributed by atoms with Crippen LogP contribution in [0.15, 0.2) is 0 Å². The number of rotatable bonds is 10. The van der Waals surface area contributed by atoms with E-state index in [4.69, 9.17) is 21.7 Å². The second kappa shape index (κ2) is 11.8. The van der Waals surface area contributed by atoms with Gasteiger partial charge >= 0.3 is 0 Å². The van der Waals surface area contributed by atoms with Crippen LogP contribution < -0.4 is 5.32 Å². The van der Waals surface area contributed by atoms with Crippen molar-refractivity contribution in [2.24, 2.45) is 0 Å². The van der Waals surface area contributed by atoms with Crippen molar-refractivity contribution in [1.82, 2.24) is 5.32 Å². The van der Waals surface area contributed by atoms with Gasteiger partial charge in [-0.3, -0.25) is 4.79 Å². The maximum Gasteiger partial charge on any atom is 0.246 e. The standard InChI is InChI=1S/C12H23NO3S/c1-3-5-7-13-11(14)9-15-10-12(17)16-8-6-4-2/h3-10H2,1-2H3,(H,13,14). The minimum Gasteiger partial charge on any atom is -0.485 e. The number of amides is 1. The molecule has 1 amide bonds. The first-order valence-electron chi connectivity index (χ1n) is 6.20. The number of ether oxygens (including phenoxy) is 2. The molecule has 0 aromatic carbocycles. The van der Waals surface area contributed by atoms with Gasteiger partial charge in [0.15, 0.2) is 5.05 Å². The Morgan fingerprint density at radius 3 is 2.53 bits per heavy atom. The van der Waals surface area contributed by atoms with E-state index >= 15 is 0 Å². The predicted octanol–water partition coefficient (Wildman–Crippen LogP) is 2.06. The maximum absolute atomic E-state index is 11.2. The molecule has 0 aliphatic carbocycles. The summed E-state index contributed by atoms with van der Waals surface area (Å²) in [7, 11) is 0. The summed E-state index contributed by atoms with van der Waals surface area (Å²) in [5, 5.41) is 3.18. The number of unbranched alkanes of at least 4 members (excludes halogenated alkanes) is 2. The fourth-order valence-corrected chi connectivity index (χ4v) is 1.22. The highest BCUT2D eigenvalue weighted by Gasteiger charge is 2.02. The number of hydrogen-bond acceptors (Lipinski definition) is 4. The van der Waals surface area contributed by atoms with Gasteiger partial charge in [0.05, 0.1) is 6.61 Å². The molecular weight excluding hydrogens is 238 g/mol. The molecule has 0 radical (unpaired) electrons. The summed E-state index contributed by atoms with van der Waals surface area (Å²) in [6.07, 6.45) is 4.11. The molecule has 100 valence electrons. The third-order valence-electron chi connectivity index (χ3n) is 2.07. The Kier molecular flexibility index (Phi) is 11.3. The molecule has 0 unspecified atom stereocenters. The van der Waals surface area contributed by atoms with Gasteiger partial charge in [0.1, 0.15) is 13.2 Å². The van der Waals surface area contributed by atoms with E-state index in [0.29, 0.717) is 18.2 Å². The first-order chi connectivity index (χ1) is 8.20. The van der Waals surface area contributed by atoms with Gasteiger partial charge in [-0.1, -0.05) is 26.7 Å². The van der Waals surface area contributed by atoms with E-state index in [1.54, 1.807) is 0 Å². The Balaban J connectivity index is 3.36. The van der Waals surface area contributed by atoms with Crippen LogP contribution in [0.5, 0.6) is 0 Å². The van der Waals surface area contributed by atoms with Gasteiger partial charge in [0.2, 0.25) is 5.91 Å². The zero-order chi connectivity index (χ0) is 12.9. The van der Waals surface area contributed by atoms with Crippen LogP contribution in [-0.2, 0) is 14.3 Å². The average Bonchev–Trinajstić information content (AvgIpc) is 2.30. The fourth-order valence-electron chi connectivity index (χ4n) is 1.05. The van der Waals surface area contributed by atoms with Crippen LogP contribution in [0.1, 0.15) is 39.5 Å². The third kappa shape index (κ3) is 11.6. The van der Waals surface area contributed by atoms with Crippen molar-refractivity contribution in [3.63, 3.8) is 0 Å². The van der Waals surface area contributed by atoms with Crippen molar-refractivity contribution >= 4 is 23.2 Å². The maximum atomic E-state index is 11.2. The third-order valence-corrected chi connectivity index (χ3v) is 2.30. The zero-order valence-corrected chi connectivity index (χ0v) is 11.6. The molecule has 0 aliphatic rings. The monoisotopic (exact) mass is 261 g/mol. The van der Waals surface area contributed by atoms with Crippen molar-refractivity contribution in [3.8, 4) is 0 Å². The fraction of sp³-hybridized carbons (Fsp3) is 0.833. The Morgan fingerprint density at radius 2 is 1.88 bits per heavy atom. The molecule has 0 saturated carbocycles. The molecule has 0 heterocycles. The Hall–Kier alpha value is -0.680. The highest BCUT2D eigenvalue weighted by Crippen LogP contribution is 1.91. The minimum absolute atomic E-state index is 0.0427. The van der Waals surface area contributed by atoms with Crippen molar-refractivity contribution in [1.29, 1.82) is 0 Å². The normalized spacial score (nSPS) is 10.0. The van der Waals surface area contributed by atoms with Crippen molar-refractivity contribution in [2.75, 3.05) is 26.4 Å². The number of hydrogen-bond donors (Lipinski definition) is 1. The topological polar surface area (TPSA) is 47.6 Å². The van der Waals surface area contributed by atoms with Crippen molar-refractivity contribution < 1.29 is 14.3 Å². The van der Waals surface area contributed by atoms with Crippen LogP contribution in [0.3, 0.4) is 0 Å². The lowest BCUT2D eigenvalue weighted by molar-refractivity contribution is -0.125. The molecular formula is C12H23NO3S. The van der Waals surface area contributed by atoms with E-state index < -0.39 is 0 Å². The van der Waals surface area contributed by atoms with Gasteiger partial charge < -0.3 is 14.8 Å². The number of carbonyl (C=O) groups is 1. The van der Waals surface area contributed by atoms with E-state index in [2.05, 4.69) is 19.2 Å². The number of thiocarbonyl (C=S) groups is 1. The van der Waals surface area contributed by atoms with Crippen LogP contribution in [0.25, 0.3) is 0 Å². The van der Waals surface area contributed by atoms with Gasteiger partial charge in [-0.2, -0.15) is 0 Å². The molecule has 0 bridgehead atoms. The molecule has 4 nitrogen and oxygen atoms in total. The predicted molar refractivity (Wildman–Crippen MR) is 72.2 cm³/mol. The molecule has 0 fully saturated rings. The lowest BCUT2D eigenvalue weighted by Gasteiger charge is -2.08. The lowest BCUT2D eigenvalue weighted by Crippen LogP contribution is -2.29. The summed E-state index contributed by atoms with van der Waals surface area (Å²) in [4.78, 5) is 11.2. The smallest absolute Gasteiger partial charge is 0.246 e. The van der Waals surface area contributed by atoms with E-state index in [-0.39, 0.29) is 19.1 Å². The van der Waals surface area contributed by atoms with Gasteiger partial charge in [-0.25, -0.2) is 0 Å². The largest absolute Gasteiger partial charge is 0.485 e. The summed E-state index contributed by atoms with van der Waals surface area (Å²) in [6, 6.07) is 0. The number of carbonyl (C=O) groups excluding carboxylic acids is 1. The highest BCUT2D eigenvalue weighted by atomic mass is 32.1. The van der Waals surface area contributed by atoms with Gasteiger partial charge in [-0.15, -0.1) is 0 Å². The molecule has 0 saturated heterocycles. The van der Waals surface area contributed by atoms with E-state index in [1.807, 2.05) is 0 Å². The SMILES string of the molecule is CCCCNC(=O)COCC(=S)OCCCC. The van der Waals surface area contributed by atoms with Crippen LogP contribution in [0.2, 0.25) is 0 Å². The molecule has 1 N–H and O–H groups in total. The quantitative estimate of drug-likeness (QED) is 0.483. The number of nitrogens with one attached hydrogen (secondary N) is 1. The summed E-state index contributed by atoms with van der Waals surface area (Å²) in [5.41, 5.74) is 0. The summed E-state index contributed by atoms with van der Waals surface area (Å²) >= 11 is 4.95. The van der Waals surface area contributed by atoms with Gasteiger partial charge in [-0.05, 0) is 25.1 Å². The van der Waals surface area contributed by atoms with Gasteiger partial charge in [0, 0.05) is 6.54 Å². The first-order valence-corrected chi connectivity index (χ1v) is 6.61. The Bertz CT molecular complexity index is 200. The highest BCUT2D eigenvalue weighted by molar-refractivity contribution is 7.80. The van der Waals surface area contributed by atoms with E-state index in [1.165, 1.54) is 0 Å². The van der Waals surface area contributed by atoms with Crippen LogP contribution >= 0.6 is 12.2 Å². The van der Waals surface area contributed by atoms with Gasteiger partial charge in [0.25, 0.3) is 0 Å². The molecule has 0 rings (SSSR count). The van der Waals surface area contributed by atoms with Crippen LogP contribution in [0, 0.1) is 0 Å². The van der Waals surface area contributed by atoms with E-state index in [0.717, 1.165) is 25.7 Å². The van der Waals surface area contributed by atoms with E-state index in [9.17, 15) is 4.79 Å². The molecule has 5 heteroatoms. The van der Waals surface area contributed by atoms with Crippen molar-refractivity contribution in [3.05, 3.63) is 0 Å². The average molecular weight is 261 g/mol. The van der Waals surface area contributed by atoms with Crippen LogP contribution in [0.4, 0.5) is 0 Å². The van der Waals surface area contributed by atoms with Crippen LogP contribution in [-0.4, -0.2) is 37.3 Å². The molecule has 0 atom stereocenters. The summed E-state index contributed by atoms with van der Waals surface area (Å²) in [6.45, 7) is 5.75. The molecule has 0 spiro atoms. The summed E-state index contributed by atoms with van der Waals surface area (Å²) < 4.78 is 10.4. The summed E-state index contributed by atoms with van der Waals surface area (Å²) in [5.74, 6) is -0.102. The minimum atomic E-state index is -0.102.